The van der Waals surface area contributed by atoms with Gasteiger partial charge >= 0.3 is 0 Å². The van der Waals surface area contributed by atoms with Gasteiger partial charge in [-0.15, -0.1) is 11.8 Å². The van der Waals surface area contributed by atoms with Crippen LogP contribution in [-0.4, -0.2) is 29.3 Å². The molecule has 0 unspecified atom stereocenters. The van der Waals surface area contributed by atoms with E-state index in [4.69, 9.17) is 0 Å². The smallest absolute Gasteiger partial charge is 0.256 e. The van der Waals surface area contributed by atoms with Gasteiger partial charge in [-0.1, -0.05) is 42.5 Å². The van der Waals surface area contributed by atoms with E-state index in [9.17, 15) is 9.59 Å². The molecule has 4 rings (SSSR count). The first kappa shape index (κ1) is 22.2. The summed E-state index contributed by atoms with van der Waals surface area (Å²) >= 11 is 1.65. The van der Waals surface area contributed by atoms with Gasteiger partial charge in [0.25, 0.3) is 11.8 Å². The molecule has 5 heteroatoms. The molecule has 0 radical (unpaired) electrons. The Morgan fingerprint density at radius 1 is 0.938 bits per heavy atom. The van der Waals surface area contributed by atoms with Crippen LogP contribution in [0.2, 0.25) is 0 Å². The molecule has 0 spiro atoms. The molecule has 0 aliphatic carbocycles. The van der Waals surface area contributed by atoms with Crippen molar-refractivity contribution >= 4 is 29.3 Å². The van der Waals surface area contributed by atoms with Crippen LogP contribution in [0.15, 0.2) is 83.8 Å². The van der Waals surface area contributed by atoms with Crippen LogP contribution in [0.5, 0.6) is 0 Å². The Bertz CT molecular complexity index is 1070. The fraction of sp³-hybridized carbons (Fsp3) is 0.259. The van der Waals surface area contributed by atoms with Crippen molar-refractivity contribution in [2.75, 3.05) is 11.9 Å². The molecule has 1 heterocycles. The number of nitrogens with zero attached hydrogens (tertiary/aromatic N) is 1. The van der Waals surface area contributed by atoms with E-state index in [1.54, 1.807) is 36.0 Å². The number of rotatable bonds is 6. The number of anilines is 1. The van der Waals surface area contributed by atoms with Crippen LogP contribution < -0.4 is 5.32 Å². The van der Waals surface area contributed by atoms with Crippen molar-refractivity contribution in [2.24, 2.45) is 0 Å². The zero-order valence-electron chi connectivity index (χ0n) is 18.3. The van der Waals surface area contributed by atoms with E-state index in [1.165, 1.54) is 12.0 Å². The van der Waals surface area contributed by atoms with Gasteiger partial charge in [-0.2, -0.15) is 0 Å². The van der Waals surface area contributed by atoms with Gasteiger partial charge in [0.2, 0.25) is 0 Å². The van der Waals surface area contributed by atoms with Crippen molar-refractivity contribution in [3.05, 3.63) is 95.6 Å². The molecule has 3 aromatic rings. The number of carbonyl (C=O) groups is 2. The summed E-state index contributed by atoms with van der Waals surface area (Å²) in [5.41, 5.74) is 3.21. The van der Waals surface area contributed by atoms with Gasteiger partial charge in [-0.3, -0.25) is 9.59 Å². The van der Waals surface area contributed by atoms with Gasteiger partial charge in [-0.05, 0) is 68.1 Å². The lowest BCUT2D eigenvalue weighted by Crippen LogP contribution is -2.42. The predicted octanol–water partition coefficient (Wildman–Crippen LogP) is 6.25. The zero-order valence-corrected chi connectivity index (χ0v) is 19.1. The van der Waals surface area contributed by atoms with E-state index in [1.807, 2.05) is 47.4 Å². The summed E-state index contributed by atoms with van der Waals surface area (Å²) in [5, 5.41) is 2.97. The molecule has 1 atom stereocenters. The molecule has 0 saturated carbocycles. The highest BCUT2D eigenvalue weighted by Gasteiger charge is 2.24. The van der Waals surface area contributed by atoms with Crippen molar-refractivity contribution in [3.8, 4) is 0 Å². The van der Waals surface area contributed by atoms with Crippen molar-refractivity contribution in [3.63, 3.8) is 0 Å². The molecule has 1 aliphatic heterocycles. The first-order valence-corrected chi connectivity index (χ1v) is 12.1. The molecule has 1 fully saturated rings. The van der Waals surface area contributed by atoms with Crippen LogP contribution in [0.25, 0.3) is 0 Å². The van der Waals surface area contributed by atoms with Gasteiger partial charge in [0, 0.05) is 34.5 Å². The number of likely N-dealkylation sites (tertiary alicyclic amines) is 1. The third kappa shape index (κ3) is 5.40. The van der Waals surface area contributed by atoms with Gasteiger partial charge in [0.05, 0.1) is 5.56 Å². The van der Waals surface area contributed by atoms with Gasteiger partial charge in [-0.25, -0.2) is 0 Å². The fourth-order valence-corrected chi connectivity index (χ4v) is 4.98. The summed E-state index contributed by atoms with van der Waals surface area (Å²) in [4.78, 5) is 28.7. The summed E-state index contributed by atoms with van der Waals surface area (Å²) < 4.78 is 0. The largest absolute Gasteiger partial charge is 0.336 e. The predicted molar refractivity (Wildman–Crippen MR) is 131 cm³/mol. The van der Waals surface area contributed by atoms with Crippen LogP contribution >= 0.6 is 11.8 Å². The number of hydrogen-bond acceptors (Lipinski definition) is 3. The average molecular weight is 445 g/mol. The lowest BCUT2D eigenvalue weighted by molar-refractivity contribution is 0.0635. The first-order chi connectivity index (χ1) is 15.6. The van der Waals surface area contributed by atoms with E-state index in [0.717, 1.165) is 30.0 Å². The monoisotopic (exact) mass is 444 g/mol. The maximum atomic E-state index is 13.0. The second kappa shape index (κ2) is 10.5. The molecule has 1 aliphatic rings. The van der Waals surface area contributed by atoms with Crippen LogP contribution in [0, 0.1) is 0 Å². The number of hydrogen-bond donors (Lipinski definition) is 1. The van der Waals surface area contributed by atoms with E-state index < -0.39 is 0 Å². The molecule has 1 saturated heterocycles. The highest BCUT2D eigenvalue weighted by atomic mass is 32.2. The third-order valence-electron chi connectivity index (χ3n) is 5.82. The summed E-state index contributed by atoms with van der Waals surface area (Å²) in [6, 6.07) is 25.4. The van der Waals surface area contributed by atoms with Crippen LogP contribution in [-0.2, 0) is 5.75 Å². The molecule has 2 amide bonds. The number of amides is 2. The van der Waals surface area contributed by atoms with Crippen LogP contribution in [0.1, 0.15) is 52.5 Å². The third-order valence-corrected chi connectivity index (χ3v) is 6.97. The number of thioether (sulfide) groups is 1. The maximum Gasteiger partial charge on any atom is 0.256 e. The Labute approximate surface area is 194 Å². The summed E-state index contributed by atoms with van der Waals surface area (Å²) in [5.74, 6) is 0.722. The molecule has 32 heavy (non-hydrogen) atoms. The quantitative estimate of drug-likeness (QED) is 0.458. The lowest BCUT2D eigenvalue weighted by atomic mass is 10.0. The Morgan fingerprint density at radius 2 is 1.66 bits per heavy atom. The number of nitrogens with one attached hydrogen (secondary N) is 1. The molecular formula is C27H28N2O2S. The lowest BCUT2D eigenvalue weighted by Gasteiger charge is -2.33. The molecule has 1 N–H and O–H groups in total. The average Bonchev–Trinajstić information content (AvgIpc) is 2.84. The summed E-state index contributed by atoms with van der Waals surface area (Å²) in [6.07, 6.45) is 3.30. The van der Waals surface area contributed by atoms with E-state index in [0.29, 0.717) is 16.8 Å². The minimum Gasteiger partial charge on any atom is -0.336 e. The van der Waals surface area contributed by atoms with E-state index in [-0.39, 0.29) is 17.9 Å². The van der Waals surface area contributed by atoms with Crippen LogP contribution in [0.4, 0.5) is 5.69 Å². The minimum atomic E-state index is -0.148. The van der Waals surface area contributed by atoms with E-state index >= 15 is 0 Å². The van der Waals surface area contributed by atoms with Crippen LogP contribution in [0.3, 0.4) is 0 Å². The molecule has 0 bridgehead atoms. The summed E-state index contributed by atoms with van der Waals surface area (Å²) in [7, 11) is 0. The second-order valence-electron chi connectivity index (χ2n) is 8.15. The molecule has 0 aromatic heterocycles. The Kier molecular flexibility index (Phi) is 7.28. The first-order valence-electron chi connectivity index (χ1n) is 11.1. The van der Waals surface area contributed by atoms with Gasteiger partial charge in [0.1, 0.15) is 0 Å². The van der Waals surface area contributed by atoms with Crippen molar-refractivity contribution in [1.82, 2.24) is 4.90 Å². The Hall–Kier alpha value is -3.05. The molecule has 164 valence electrons. The molecular weight excluding hydrogens is 416 g/mol. The normalized spacial score (nSPS) is 15.9. The topological polar surface area (TPSA) is 49.4 Å². The highest BCUT2D eigenvalue weighted by molar-refractivity contribution is 7.98. The fourth-order valence-electron chi connectivity index (χ4n) is 3.98. The van der Waals surface area contributed by atoms with Crippen molar-refractivity contribution < 1.29 is 9.59 Å². The Balaban J connectivity index is 1.41. The standard InChI is InChI=1S/C27H28N2O2S/c1-20-9-7-8-18-29(20)27(31)22-14-16-23(17-15-22)28-26(30)24-12-5-6-13-25(24)32-19-21-10-3-2-4-11-21/h2-6,10-17,20H,7-9,18-19H2,1H3,(H,28,30)/t20-/m0/s1. The minimum absolute atomic E-state index is 0.0673. The van der Waals surface area contributed by atoms with Crippen molar-refractivity contribution in [1.29, 1.82) is 0 Å². The number of benzene rings is 3. The van der Waals surface area contributed by atoms with Gasteiger partial charge < -0.3 is 10.2 Å². The maximum absolute atomic E-state index is 13.0. The molecule has 4 nitrogen and oxygen atoms in total. The highest BCUT2D eigenvalue weighted by Crippen LogP contribution is 2.27. The SMILES string of the molecule is C[C@H]1CCCCN1C(=O)c1ccc(NC(=O)c2ccccc2SCc2ccccc2)cc1. The Morgan fingerprint density at radius 3 is 2.41 bits per heavy atom. The number of piperidine rings is 1. The second-order valence-corrected chi connectivity index (χ2v) is 9.16. The molecule has 3 aromatic carbocycles. The zero-order chi connectivity index (χ0) is 22.3. The summed E-state index contributed by atoms with van der Waals surface area (Å²) in [6.45, 7) is 2.93. The number of carbonyl (C=O) groups excluding carboxylic acids is 2. The van der Waals surface area contributed by atoms with Gasteiger partial charge in [0.15, 0.2) is 0 Å². The van der Waals surface area contributed by atoms with E-state index in [2.05, 4.69) is 24.4 Å². The van der Waals surface area contributed by atoms with Crippen molar-refractivity contribution in [2.45, 2.75) is 42.9 Å².